The Kier molecular flexibility index (Phi) is 7.07. The number of hydrogen-bond donors (Lipinski definition) is 1. The maximum absolute atomic E-state index is 4.74. The van der Waals surface area contributed by atoms with E-state index in [4.69, 9.17) is 5.10 Å². The maximum Gasteiger partial charge on any atom is 0.130 e. The van der Waals surface area contributed by atoms with Gasteiger partial charge in [0.15, 0.2) is 0 Å². The molecule has 2 rings (SSSR count). The molecule has 6 nitrogen and oxygen atoms in total. The Morgan fingerprint density at radius 3 is 2.54 bits per heavy atom. The van der Waals surface area contributed by atoms with Crippen molar-refractivity contribution < 1.29 is 0 Å². The number of nitrogens with one attached hydrogen (secondary N) is 1. The molecule has 0 amide bonds. The summed E-state index contributed by atoms with van der Waals surface area (Å²) >= 11 is 0. The molecule has 0 unspecified atom stereocenters. The highest BCUT2D eigenvalue weighted by atomic mass is 15.4. The Bertz CT molecular complexity index is 508. The van der Waals surface area contributed by atoms with Crippen LogP contribution in [0.5, 0.6) is 0 Å². The summed E-state index contributed by atoms with van der Waals surface area (Å²) in [6.45, 7) is 12.3. The lowest BCUT2D eigenvalue weighted by molar-refractivity contribution is 0.275. The van der Waals surface area contributed by atoms with Crippen LogP contribution in [0.2, 0.25) is 0 Å². The molecule has 138 valence electrons. The molecule has 1 aliphatic rings. The zero-order chi connectivity index (χ0) is 17.7. The van der Waals surface area contributed by atoms with Gasteiger partial charge in [-0.15, -0.1) is 0 Å². The minimum Gasteiger partial charge on any atom is -0.363 e. The van der Waals surface area contributed by atoms with Gasteiger partial charge in [-0.05, 0) is 32.5 Å². The number of nitrogens with zero attached hydrogens (tertiary/aromatic N) is 5. The summed E-state index contributed by atoms with van der Waals surface area (Å²) in [6.07, 6.45) is 1.28. The monoisotopic (exact) mass is 336 g/mol. The lowest BCUT2D eigenvalue weighted by Gasteiger charge is -2.21. The Morgan fingerprint density at radius 1 is 1.12 bits per heavy atom. The third-order valence-electron chi connectivity index (χ3n) is 4.83. The van der Waals surface area contributed by atoms with Gasteiger partial charge < -0.3 is 20.0 Å². The smallest absolute Gasteiger partial charge is 0.130 e. The molecule has 24 heavy (non-hydrogen) atoms. The molecule has 0 aromatic carbocycles. The van der Waals surface area contributed by atoms with Crippen LogP contribution in [0.1, 0.15) is 37.4 Å². The van der Waals surface area contributed by atoms with Crippen molar-refractivity contribution in [2.75, 3.05) is 65.3 Å². The molecule has 1 saturated heterocycles. The van der Waals surface area contributed by atoms with Gasteiger partial charge in [0.25, 0.3) is 0 Å². The second-order valence-corrected chi connectivity index (χ2v) is 7.54. The normalized spacial score (nSPS) is 17.5. The molecule has 1 aromatic heterocycles. The predicted molar refractivity (Wildman–Crippen MR) is 102 cm³/mol. The summed E-state index contributed by atoms with van der Waals surface area (Å²) in [5.41, 5.74) is 2.55. The Labute approximate surface area is 147 Å². The van der Waals surface area contributed by atoms with Crippen molar-refractivity contribution in [3.05, 3.63) is 11.3 Å². The number of rotatable bonds is 7. The molecule has 6 heteroatoms. The van der Waals surface area contributed by atoms with Crippen molar-refractivity contribution in [1.82, 2.24) is 24.9 Å². The third kappa shape index (κ3) is 4.94. The highest BCUT2D eigenvalue weighted by Crippen LogP contribution is 2.26. The number of aromatic nitrogens is 2. The molecular formula is C18H36N6. The van der Waals surface area contributed by atoms with Crippen molar-refractivity contribution in [2.24, 2.45) is 7.05 Å². The summed E-state index contributed by atoms with van der Waals surface area (Å²) in [6, 6.07) is 0. The number of likely N-dealkylation sites (N-methyl/N-ethyl adjacent to an activating group) is 1. The van der Waals surface area contributed by atoms with Crippen LogP contribution in [0.3, 0.4) is 0 Å². The molecule has 0 atom stereocenters. The first-order chi connectivity index (χ1) is 11.4. The lowest BCUT2D eigenvalue weighted by atomic mass is 10.1. The van der Waals surface area contributed by atoms with Gasteiger partial charge in [-0.2, -0.15) is 5.10 Å². The molecule has 2 heterocycles. The maximum atomic E-state index is 4.74. The highest BCUT2D eigenvalue weighted by molar-refractivity contribution is 5.50. The number of anilines is 1. The minimum atomic E-state index is 0.447. The van der Waals surface area contributed by atoms with Gasteiger partial charge in [0.2, 0.25) is 0 Å². The largest absolute Gasteiger partial charge is 0.363 e. The molecule has 0 spiro atoms. The van der Waals surface area contributed by atoms with Crippen molar-refractivity contribution in [3.8, 4) is 0 Å². The van der Waals surface area contributed by atoms with Crippen LogP contribution in [-0.4, -0.2) is 80.0 Å². The quantitative estimate of drug-likeness (QED) is 0.761. The van der Waals surface area contributed by atoms with E-state index in [1.807, 2.05) is 11.7 Å². The Hall–Kier alpha value is -1.11. The molecule has 1 N–H and O–H groups in total. The van der Waals surface area contributed by atoms with Crippen molar-refractivity contribution in [2.45, 2.75) is 32.7 Å². The van der Waals surface area contributed by atoms with E-state index in [0.717, 1.165) is 19.6 Å². The van der Waals surface area contributed by atoms with Crippen LogP contribution in [-0.2, 0) is 13.6 Å². The van der Waals surface area contributed by atoms with Gasteiger partial charge in [0.1, 0.15) is 5.82 Å². The van der Waals surface area contributed by atoms with Crippen LogP contribution in [0, 0.1) is 0 Å². The van der Waals surface area contributed by atoms with E-state index in [-0.39, 0.29) is 0 Å². The first kappa shape index (κ1) is 19.2. The average molecular weight is 337 g/mol. The first-order valence-electron chi connectivity index (χ1n) is 9.24. The van der Waals surface area contributed by atoms with Crippen molar-refractivity contribution in [1.29, 1.82) is 0 Å². The fraction of sp³-hybridized carbons (Fsp3) is 0.833. The Balaban J connectivity index is 1.89. The Morgan fingerprint density at radius 2 is 1.88 bits per heavy atom. The fourth-order valence-electron chi connectivity index (χ4n) is 3.55. The fourth-order valence-corrected chi connectivity index (χ4v) is 3.55. The molecule has 1 aliphatic heterocycles. The van der Waals surface area contributed by atoms with Crippen LogP contribution >= 0.6 is 0 Å². The molecule has 0 aliphatic carbocycles. The first-order valence-corrected chi connectivity index (χ1v) is 9.24. The van der Waals surface area contributed by atoms with Gasteiger partial charge in [0, 0.05) is 59.4 Å². The highest BCUT2D eigenvalue weighted by Gasteiger charge is 2.19. The molecule has 0 saturated carbocycles. The molecule has 0 radical (unpaired) electrons. The second kappa shape index (κ2) is 8.83. The zero-order valence-electron chi connectivity index (χ0n) is 16.5. The predicted octanol–water partition coefficient (Wildman–Crippen LogP) is 1.34. The van der Waals surface area contributed by atoms with Gasteiger partial charge in [-0.25, -0.2) is 0 Å². The van der Waals surface area contributed by atoms with E-state index in [1.165, 1.54) is 49.7 Å². The molecular weight excluding hydrogens is 300 g/mol. The second-order valence-electron chi connectivity index (χ2n) is 7.54. The van der Waals surface area contributed by atoms with Crippen LogP contribution in [0.15, 0.2) is 0 Å². The number of hydrogen-bond acceptors (Lipinski definition) is 5. The SMILES string of the molecule is CC(C)c1nn(C)c(N(C)C)c1CNCCN1CCCN(C)CC1. The van der Waals surface area contributed by atoms with Gasteiger partial charge in [0.05, 0.1) is 5.69 Å². The standard InChI is InChI=1S/C18H36N6/c1-15(2)17-16(18(21(3)4)23(6)20-17)14-19-8-11-24-10-7-9-22(5)12-13-24/h15,19H,7-14H2,1-6H3. The van der Waals surface area contributed by atoms with E-state index < -0.39 is 0 Å². The molecule has 1 fully saturated rings. The van der Waals surface area contributed by atoms with Crippen molar-refractivity contribution >= 4 is 5.82 Å². The molecule has 0 bridgehead atoms. The van der Waals surface area contributed by atoms with E-state index in [1.54, 1.807) is 0 Å². The van der Waals surface area contributed by atoms with Crippen LogP contribution in [0.25, 0.3) is 0 Å². The molecule has 1 aromatic rings. The van der Waals surface area contributed by atoms with Crippen LogP contribution in [0.4, 0.5) is 5.82 Å². The van der Waals surface area contributed by atoms with Gasteiger partial charge >= 0.3 is 0 Å². The number of aryl methyl sites for hydroxylation is 1. The van der Waals surface area contributed by atoms with E-state index in [9.17, 15) is 0 Å². The topological polar surface area (TPSA) is 39.6 Å². The van der Waals surface area contributed by atoms with Gasteiger partial charge in [-0.1, -0.05) is 13.8 Å². The summed E-state index contributed by atoms with van der Waals surface area (Å²) in [5.74, 6) is 1.66. The summed E-state index contributed by atoms with van der Waals surface area (Å²) < 4.78 is 2.01. The lowest BCUT2D eigenvalue weighted by Crippen LogP contribution is -2.35. The van der Waals surface area contributed by atoms with Crippen LogP contribution < -0.4 is 10.2 Å². The van der Waals surface area contributed by atoms with E-state index >= 15 is 0 Å². The van der Waals surface area contributed by atoms with E-state index in [2.05, 4.69) is 55.0 Å². The summed E-state index contributed by atoms with van der Waals surface area (Å²) in [5, 5.41) is 8.39. The van der Waals surface area contributed by atoms with E-state index in [0.29, 0.717) is 5.92 Å². The summed E-state index contributed by atoms with van der Waals surface area (Å²) in [4.78, 5) is 7.18. The minimum absolute atomic E-state index is 0.447. The third-order valence-corrected chi connectivity index (χ3v) is 4.83. The average Bonchev–Trinajstić information content (AvgIpc) is 2.70. The zero-order valence-corrected chi connectivity index (χ0v) is 16.5. The van der Waals surface area contributed by atoms with Crippen molar-refractivity contribution in [3.63, 3.8) is 0 Å². The summed E-state index contributed by atoms with van der Waals surface area (Å²) in [7, 11) is 8.45. The van der Waals surface area contributed by atoms with Gasteiger partial charge in [-0.3, -0.25) is 4.68 Å².